The maximum Gasteiger partial charge on any atom is 0.252 e. The molecule has 0 radical (unpaired) electrons. The third-order valence-corrected chi connectivity index (χ3v) is 7.12. The molecule has 2 N–H and O–H groups in total. The van der Waals surface area contributed by atoms with Crippen LogP contribution in [0.1, 0.15) is 43.9 Å². The average Bonchev–Trinajstić information content (AvgIpc) is 2.89. The van der Waals surface area contributed by atoms with Gasteiger partial charge in [0.2, 0.25) is 0 Å². The van der Waals surface area contributed by atoms with E-state index in [1.807, 2.05) is 6.07 Å². The molecule has 1 aromatic rings. The zero-order chi connectivity index (χ0) is 13.9. The number of rotatable bonds is 5. The van der Waals surface area contributed by atoms with Crippen LogP contribution in [0.15, 0.2) is 16.3 Å². The van der Waals surface area contributed by atoms with Crippen LogP contribution in [0.5, 0.6) is 0 Å². The van der Waals surface area contributed by atoms with Crippen LogP contribution in [-0.4, -0.2) is 25.3 Å². The van der Waals surface area contributed by atoms with E-state index in [1.165, 1.54) is 11.3 Å². The van der Waals surface area contributed by atoms with E-state index in [-0.39, 0.29) is 6.04 Å². The summed E-state index contributed by atoms with van der Waals surface area (Å²) < 4.78 is 27.5. The second kappa shape index (κ2) is 6.35. The van der Waals surface area contributed by atoms with Crippen molar-refractivity contribution < 1.29 is 8.42 Å². The molecule has 1 atom stereocenters. The van der Waals surface area contributed by atoms with Gasteiger partial charge in [0.25, 0.3) is 10.0 Å². The molecule has 4 nitrogen and oxygen atoms in total. The normalized spacial score (nSPS) is 21.7. The van der Waals surface area contributed by atoms with Crippen molar-refractivity contribution in [3.8, 4) is 0 Å². The molecular weight excluding hydrogens is 280 g/mol. The number of thiophene rings is 1. The lowest BCUT2D eigenvalue weighted by molar-refractivity contribution is 0.240. The number of nitrogens with zero attached hydrogens (tertiary/aromatic N) is 1. The van der Waals surface area contributed by atoms with Crippen molar-refractivity contribution in [1.29, 1.82) is 0 Å². The SMILES string of the molecule is CCCC1CCCCN1S(=O)(=O)c1ccc(CN)s1. The van der Waals surface area contributed by atoms with E-state index in [4.69, 9.17) is 5.73 Å². The fourth-order valence-corrected chi connectivity index (χ4v) is 5.72. The number of piperidine rings is 1. The van der Waals surface area contributed by atoms with E-state index in [1.54, 1.807) is 10.4 Å². The number of sulfonamides is 1. The van der Waals surface area contributed by atoms with Crippen molar-refractivity contribution in [3.05, 3.63) is 17.0 Å². The highest BCUT2D eigenvalue weighted by Crippen LogP contribution is 2.31. The molecule has 0 saturated carbocycles. The van der Waals surface area contributed by atoms with E-state index < -0.39 is 10.0 Å². The average molecular weight is 302 g/mol. The Bertz CT molecular complexity index is 508. The number of hydrogen-bond acceptors (Lipinski definition) is 4. The molecule has 0 spiro atoms. The van der Waals surface area contributed by atoms with Crippen molar-refractivity contribution in [2.24, 2.45) is 5.73 Å². The van der Waals surface area contributed by atoms with Gasteiger partial charge in [-0.1, -0.05) is 19.8 Å². The molecule has 19 heavy (non-hydrogen) atoms. The van der Waals surface area contributed by atoms with E-state index in [9.17, 15) is 8.42 Å². The lowest BCUT2D eigenvalue weighted by atomic mass is 10.0. The van der Waals surface area contributed by atoms with Crippen molar-refractivity contribution in [2.75, 3.05) is 6.54 Å². The summed E-state index contributed by atoms with van der Waals surface area (Å²) in [4.78, 5) is 0.919. The molecule has 1 fully saturated rings. The van der Waals surface area contributed by atoms with Crippen LogP contribution in [0, 0.1) is 0 Å². The van der Waals surface area contributed by atoms with Gasteiger partial charge in [0.1, 0.15) is 4.21 Å². The summed E-state index contributed by atoms with van der Waals surface area (Å²) in [6, 6.07) is 3.68. The zero-order valence-corrected chi connectivity index (χ0v) is 13.0. The molecule has 1 aromatic heterocycles. The molecule has 1 aliphatic rings. The van der Waals surface area contributed by atoms with E-state index in [2.05, 4.69) is 6.92 Å². The molecule has 108 valence electrons. The van der Waals surface area contributed by atoms with Gasteiger partial charge in [0.15, 0.2) is 0 Å². The minimum atomic E-state index is -3.33. The summed E-state index contributed by atoms with van der Waals surface area (Å²) >= 11 is 1.30. The molecule has 1 aliphatic heterocycles. The van der Waals surface area contributed by atoms with E-state index in [0.717, 1.165) is 37.0 Å². The summed E-state index contributed by atoms with van der Waals surface area (Å²) in [5.41, 5.74) is 5.56. The summed E-state index contributed by atoms with van der Waals surface area (Å²) in [6.07, 6.45) is 5.06. The Morgan fingerprint density at radius 3 is 2.84 bits per heavy atom. The first-order valence-electron chi connectivity index (χ1n) is 6.90. The topological polar surface area (TPSA) is 63.4 Å². The Morgan fingerprint density at radius 1 is 1.42 bits per heavy atom. The van der Waals surface area contributed by atoms with Gasteiger partial charge in [0.05, 0.1) is 0 Å². The Balaban J connectivity index is 2.25. The van der Waals surface area contributed by atoms with Crippen LogP contribution in [0.25, 0.3) is 0 Å². The minimum Gasteiger partial charge on any atom is -0.326 e. The van der Waals surface area contributed by atoms with Gasteiger partial charge in [-0.15, -0.1) is 11.3 Å². The quantitative estimate of drug-likeness (QED) is 0.909. The van der Waals surface area contributed by atoms with Gasteiger partial charge in [-0.3, -0.25) is 0 Å². The maximum atomic E-state index is 12.7. The standard InChI is InChI=1S/C13H22N2O2S2/c1-2-5-11-6-3-4-9-15(11)19(16,17)13-8-7-12(10-14)18-13/h7-8,11H,2-6,9-10,14H2,1H3. The van der Waals surface area contributed by atoms with Gasteiger partial charge < -0.3 is 5.73 Å². The predicted molar refractivity (Wildman–Crippen MR) is 78.6 cm³/mol. The Labute approximate surface area is 119 Å². The van der Waals surface area contributed by atoms with Crippen molar-refractivity contribution in [3.63, 3.8) is 0 Å². The first kappa shape index (κ1) is 15.0. The molecule has 0 aliphatic carbocycles. The highest BCUT2D eigenvalue weighted by molar-refractivity contribution is 7.91. The summed E-state index contributed by atoms with van der Waals surface area (Å²) in [6.45, 7) is 3.17. The van der Waals surface area contributed by atoms with Gasteiger partial charge in [-0.05, 0) is 31.4 Å². The van der Waals surface area contributed by atoms with Crippen molar-refractivity contribution in [1.82, 2.24) is 4.31 Å². The van der Waals surface area contributed by atoms with Gasteiger partial charge in [-0.25, -0.2) is 8.42 Å². The predicted octanol–water partition coefficient (Wildman–Crippen LogP) is 2.55. The first-order valence-corrected chi connectivity index (χ1v) is 9.16. The van der Waals surface area contributed by atoms with Gasteiger partial charge in [-0.2, -0.15) is 4.31 Å². The smallest absolute Gasteiger partial charge is 0.252 e. The molecule has 1 saturated heterocycles. The lowest BCUT2D eigenvalue weighted by Gasteiger charge is -2.34. The van der Waals surface area contributed by atoms with Crippen LogP contribution >= 0.6 is 11.3 Å². The third kappa shape index (κ3) is 3.18. The maximum absolute atomic E-state index is 12.7. The molecule has 0 amide bonds. The monoisotopic (exact) mass is 302 g/mol. The molecule has 2 heterocycles. The second-order valence-corrected chi connectivity index (χ2v) is 8.26. The van der Waals surface area contributed by atoms with E-state index in [0.29, 0.717) is 17.3 Å². The van der Waals surface area contributed by atoms with Crippen LogP contribution in [0.4, 0.5) is 0 Å². The molecule has 0 aromatic carbocycles. The fraction of sp³-hybridized carbons (Fsp3) is 0.692. The van der Waals surface area contributed by atoms with Crippen LogP contribution in [-0.2, 0) is 16.6 Å². The summed E-state index contributed by atoms with van der Waals surface area (Å²) in [5, 5.41) is 0. The fourth-order valence-electron chi connectivity index (χ4n) is 2.63. The summed E-state index contributed by atoms with van der Waals surface area (Å²) in [7, 11) is -3.33. The van der Waals surface area contributed by atoms with E-state index >= 15 is 0 Å². The third-order valence-electron chi connectivity index (χ3n) is 3.60. The summed E-state index contributed by atoms with van der Waals surface area (Å²) in [5.74, 6) is 0. The van der Waals surface area contributed by atoms with Gasteiger partial charge >= 0.3 is 0 Å². The second-order valence-electron chi connectivity index (χ2n) is 4.98. The van der Waals surface area contributed by atoms with Crippen LogP contribution < -0.4 is 5.73 Å². The highest BCUT2D eigenvalue weighted by atomic mass is 32.2. The molecule has 6 heteroatoms. The number of hydrogen-bond donors (Lipinski definition) is 1. The van der Waals surface area contributed by atoms with Crippen LogP contribution in [0.2, 0.25) is 0 Å². The number of nitrogens with two attached hydrogens (primary N) is 1. The molecular formula is C13H22N2O2S2. The minimum absolute atomic E-state index is 0.173. The lowest BCUT2D eigenvalue weighted by Crippen LogP contribution is -2.43. The Hall–Kier alpha value is -0.430. The Morgan fingerprint density at radius 2 is 2.21 bits per heavy atom. The van der Waals surface area contributed by atoms with Crippen molar-refractivity contribution in [2.45, 2.75) is 55.8 Å². The van der Waals surface area contributed by atoms with Crippen LogP contribution in [0.3, 0.4) is 0 Å². The molecule has 0 bridgehead atoms. The zero-order valence-electron chi connectivity index (χ0n) is 11.3. The first-order chi connectivity index (χ1) is 9.09. The molecule has 1 unspecified atom stereocenters. The van der Waals surface area contributed by atoms with Gasteiger partial charge in [0, 0.05) is 24.0 Å². The van der Waals surface area contributed by atoms with Crippen molar-refractivity contribution >= 4 is 21.4 Å². The highest BCUT2D eigenvalue weighted by Gasteiger charge is 2.33. The molecule has 2 rings (SSSR count). The largest absolute Gasteiger partial charge is 0.326 e. The Kier molecular flexibility index (Phi) is 5.00.